The third-order valence-corrected chi connectivity index (χ3v) is 2.09. The van der Waals surface area contributed by atoms with E-state index in [0.717, 1.165) is 19.3 Å². The molecule has 1 rings (SSSR count). The number of isocyanates is 2. The smallest absolute Gasteiger partial charge is 0.211 e. The van der Waals surface area contributed by atoms with Crippen LogP contribution in [0.25, 0.3) is 0 Å². The standard InChI is InChI=1S/C8H10N2O2/c11-5-9-7-2-1-3-8(4-7)10-6-12/h7-8H,1-4H2/t7-,8+. The molecule has 1 aliphatic rings. The summed E-state index contributed by atoms with van der Waals surface area (Å²) in [6, 6.07) is 0.0247. The molecule has 0 aromatic heterocycles. The maximum Gasteiger partial charge on any atom is 0.235 e. The number of rotatable bonds is 2. The highest BCUT2D eigenvalue weighted by molar-refractivity contribution is 5.34. The van der Waals surface area contributed by atoms with Crippen LogP contribution in [-0.4, -0.2) is 24.2 Å². The molecule has 1 saturated carbocycles. The number of hydrogen-bond donors (Lipinski definition) is 0. The molecule has 0 unspecified atom stereocenters. The van der Waals surface area contributed by atoms with E-state index >= 15 is 0 Å². The normalized spacial score (nSPS) is 28.3. The van der Waals surface area contributed by atoms with Crippen LogP contribution in [-0.2, 0) is 9.59 Å². The molecule has 0 spiro atoms. The fourth-order valence-electron chi connectivity index (χ4n) is 1.52. The maximum absolute atomic E-state index is 9.94. The van der Waals surface area contributed by atoms with Crippen molar-refractivity contribution < 1.29 is 9.59 Å². The van der Waals surface area contributed by atoms with Crippen molar-refractivity contribution in [3.63, 3.8) is 0 Å². The van der Waals surface area contributed by atoms with Gasteiger partial charge in [0.25, 0.3) is 0 Å². The molecule has 0 radical (unpaired) electrons. The molecule has 12 heavy (non-hydrogen) atoms. The first kappa shape index (κ1) is 8.85. The lowest BCUT2D eigenvalue weighted by Gasteiger charge is -2.21. The molecule has 0 amide bonds. The Hall–Kier alpha value is -1.24. The first-order valence-corrected chi connectivity index (χ1v) is 4.00. The van der Waals surface area contributed by atoms with Crippen molar-refractivity contribution in [1.29, 1.82) is 0 Å². The predicted octanol–water partition coefficient (Wildman–Crippen LogP) is 0.969. The molecule has 64 valence electrons. The van der Waals surface area contributed by atoms with Crippen molar-refractivity contribution in [2.24, 2.45) is 9.98 Å². The summed E-state index contributed by atoms with van der Waals surface area (Å²) in [6.45, 7) is 0. The molecule has 4 nitrogen and oxygen atoms in total. The molecule has 0 bridgehead atoms. The Bertz CT molecular complexity index is 215. The molecule has 1 fully saturated rings. The van der Waals surface area contributed by atoms with E-state index in [-0.39, 0.29) is 12.1 Å². The molecule has 0 aromatic rings. The summed E-state index contributed by atoms with van der Waals surface area (Å²) in [6.07, 6.45) is 6.52. The summed E-state index contributed by atoms with van der Waals surface area (Å²) in [7, 11) is 0. The van der Waals surface area contributed by atoms with Crippen LogP contribution in [0.2, 0.25) is 0 Å². The van der Waals surface area contributed by atoms with Crippen molar-refractivity contribution in [2.45, 2.75) is 37.8 Å². The van der Waals surface area contributed by atoms with E-state index in [1.54, 1.807) is 0 Å². The van der Waals surface area contributed by atoms with Crippen molar-refractivity contribution in [3.8, 4) is 0 Å². The first-order valence-electron chi connectivity index (χ1n) is 4.00. The van der Waals surface area contributed by atoms with Gasteiger partial charge in [-0.3, -0.25) is 0 Å². The highest BCUT2D eigenvalue weighted by Crippen LogP contribution is 2.22. The number of carbonyl (C=O) groups excluding carboxylic acids is 2. The van der Waals surface area contributed by atoms with E-state index in [4.69, 9.17) is 0 Å². The Kier molecular flexibility index (Phi) is 3.39. The van der Waals surface area contributed by atoms with Crippen molar-refractivity contribution >= 4 is 12.2 Å². The molecule has 1 aliphatic carbocycles. The van der Waals surface area contributed by atoms with E-state index in [1.807, 2.05) is 0 Å². The zero-order valence-corrected chi connectivity index (χ0v) is 6.69. The summed E-state index contributed by atoms with van der Waals surface area (Å²) >= 11 is 0. The SMILES string of the molecule is O=C=N[C@@H]1CCC[C@H](N=C=O)C1. The maximum atomic E-state index is 9.94. The van der Waals surface area contributed by atoms with Crippen LogP contribution in [0, 0.1) is 0 Å². The minimum Gasteiger partial charge on any atom is -0.211 e. The van der Waals surface area contributed by atoms with Gasteiger partial charge in [0.05, 0.1) is 12.1 Å². The van der Waals surface area contributed by atoms with Gasteiger partial charge in [0, 0.05) is 0 Å². The molecule has 0 heterocycles. The van der Waals surface area contributed by atoms with Crippen LogP contribution in [0.1, 0.15) is 25.7 Å². The number of nitrogens with zero attached hydrogens (tertiary/aromatic N) is 2. The van der Waals surface area contributed by atoms with Gasteiger partial charge in [0.1, 0.15) is 0 Å². The minimum atomic E-state index is 0.0124. The predicted molar refractivity (Wildman–Crippen MR) is 42.3 cm³/mol. The van der Waals surface area contributed by atoms with Gasteiger partial charge < -0.3 is 0 Å². The molecule has 0 aliphatic heterocycles. The van der Waals surface area contributed by atoms with Gasteiger partial charge in [-0.2, -0.15) is 0 Å². The van der Waals surface area contributed by atoms with Crippen LogP contribution in [0.3, 0.4) is 0 Å². The van der Waals surface area contributed by atoms with Gasteiger partial charge in [-0.25, -0.2) is 19.6 Å². The third kappa shape index (κ3) is 2.42. The van der Waals surface area contributed by atoms with Crippen LogP contribution in [0.4, 0.5) is 0 Å². The van der Waals surface area contributed by atoms with E-state index in [9.17, 15) is 9.59 Å². The highest BCUT2D eigenvalue weighted by atomic mass is 16.1. The average molecular weight is 166 g/mol. The second-order valence-corrected chi connectivity index (χ2v) is 2.92. The third-order valence-electron chi connectivity index (χ3n) is 2.09. The zero-order chi connectivity index (χ0) is 8.81. The summed E-state index contributed by atoms with van der Waals surface area (Å²) < 4.78 is 0. The number of aliphatic imine (C=N–C) groups is 2. The minimum absolute atomic E-state index is 0.0124. The Labute approximate surface area is 70.4 Å². The Morgan fingerprint density at radius 1 is 1.00 bits per heavy atom. The van der Waals surface area contributed by atoms with Gasteiger partial charge >= 0.3 is 0 Å². The van der Waals surface area contributed by atoms with Crippen LogP contribution < -0.4 is 0 Å². The Balaban J connectivity index is 2.50. The molecule has 0 saturated heterocycles. The van der Waals surface area contributed by atoms with Gasteiger partial charge in [-0.15, -0.1) is 0 Å². The largest absolute Gasteiger partial charge is 0.235 e. The quantitative estimate of drug-likeness (QED) is 0.453. The summed E-state index contributed by atoms with van der Waals surface area (Å²) in [4.78, 5) is 27.1. The van der Waals surface area contributed by atoms with Gasteiger partial charge in [-0.1, -0.05) is 0 Å². The van der Waals surface area contributed by atoms with E-state index in [2.05, 4.69) is 9.98 Å². The lowest BCUT2D eigenvalue weighted by atomic mass is 9.92. The molecule has 2 atom stereocenters. The monoisotopic (exact) mass is 166 g/mol. The van der Waals surface area contributed by atoms with Crippen LogP contribution in [0.5, 0.6) is 0 Å². The van der Waals surface area contributed by atoms with Crippen molar-refractivity contribution in [3.05, 3.63) is 0 Å². The number of hydrogen-bond acceptors (Lipinski definition) is 4. The fourth-order valence-corrected chi connectivity index (χ4v) is 1.52. The first-order chi connectivity index (χ1) is 5.86. The second kappa shape index (κ2) is 4.60. The topological polar surface area (TPSA) is 58.9 Å². The molecule has 4 heteroatoms. The van der Waals surface area contributed by atoms with Crippen LogP contribution in [0.15, 0.2) is 9.98 Å². The van der Waals surface area contributed by atoms with Crippen molar-refractivity contribution in [2.75, 3.05) is 0 Å². The lowest BCUT2D eigenvalue weighted by molar-refractivity contribution is 0.392. The van der Waals surface area contributed by atoms with E-state index in [1.165, 1.54) is 12.2 Å². The van der Waals surface area contributed by atoms with E-state index < -0.39 is 0 Å². The zero-order valence-electron chi connectivity index (χ0n) is 6.69. The Morgan fingerprint density at radius 2 is 1.50 bits per heavy atom. The van der Waals surface area contributed by atoms with E-state index in [0.29, 0.717) is 6.42 Å². The van der Waals surface area contributed by atoms with Gasteiger partial charge in [0.15, 0.2) is 0 Å². The molecule has 0 N–H and O–H groups in total. The van der Waals surface area contributed by atoms with Crippen molar-refractivity contribution in [1.82, 2.24) is 0 Å². The molecular weight excluding hydrogens is 156 g/mol. The molecule has 0 aromatic carbocycles. The lowest BCUT2D eigenvalue weighted by Crippen LogP contribution is -2.20. The van der Waals surface area contributed by atoms with Gasteiger partial charge in [0.2, 0.25) is 12.2 Å². The fraction of sp³-hybridized carbons (Fsp3) is 0.750. The Morgan fingerprint density at radius 3 is 1.92 bits per heavy atom. The summed E-state index contributed by atoms with van der Waals surface area (Å²) in [5.41, 5.74) is 0. The molecular formula is C8H10N2O2. The second-order valence-electron chi connectivity index (χ2n) is 2.92. The average Bonchev–Trinajstić information content (AvgIpc) is 2.06. The van der Waals surface area contributed by atoms with Gasteiger partial charge in [-0.05, 0) is 25.7 Å². The summed E-state index contributed by atoms with van der Waals surface area (Å²) in [5.74, 6) is 0. The van der Waals surface area contributed by atoms with Crippen LogP contribution >= 0.6 is 0 Å². The highest BCUT2D eigenvalue weighted by Gasteiger charge is 2.20. The summed E-state index contributed by atoms with van der Waals surface area (Å²) in [5, 5.41) is 0.